The van der Waals surface area contributed by atoms with Gasteiger partial charge in [0.05, 0.1) is 6.54 Å². The quantitative estimate of drug-likeness (QED) is 0.685. The summed E-state index contributed by atoms with van der Waals surface area (Å²) in [5.74, 6) is 5.45. The van der Waals surface area contributed by atoms with Crippen molar-refractivity contribution in [2.75, 3.05) is 13.2 Å². The van der Waals surface area contributed by atoms with Crippen molar-refractivity contribution in [3.63, 3.8) is 0 Å². The lowest BCUT2D eigenvalue weighted by Gasteiger charge is -2.18. The summed E-state index contributed by atoms with van der Waals surface area (Å²) < 4.78 is 10.3. The van der Waals surface area contributed by atoms with Crippen LogP contribution in [0.4, 0.5) is 4.79 Å². The van der Waals surface area contributed by atoms with Crippen LogP contribution >= 0.6 is 11.6 Å². The van der Waals surface area contributed by atoms with Crippen LogP contribution in [0, 0.1) is 18.8 Å². The Labute approximate surface area is 129 Å². The maximum Gasteiger partial charge on any atom is 0.408 e. The minimum absolute atomic E-state index is 0.107. The van der Waals surface area contributed by atoms with Gasteiger partial charge in [0.15, 0.2) is 6.61 Å². The molecule has 7 heteroatoms. The van der Waals surface area contributed by atoms with Gasteiger partial charge in [-0.1, -0.05) is 23.4 Å². The van der Waals surface area contributed by atoms with Gasteiger partial charge in [0.1, 0.15) is 10.8 Å². The zero-order chi connectivity index (χ0) is 15.9. The van der Waals surface area contributed by atoms with Crippen molar-refractivity contribution in [1.82, 2.24) is 15.3 Å². The fraction of sp³-hybridized carbons (Fsp3) is 0.500. The van der Waals surface area contributed by atoms with Crippen molar-refractivity contribution in [2.24, 2.45) is 0 Å². The SMILES string of the molecule is Cc1cc(Cl)nc(OCC#CCNC(=O)OC(C)(C)C)n1. The van der Waals surface area contributed by atoms with E-state index >= 15 is 0 Å². The average molecular weight is 312 g/mol. The molecule has 0 aliphatic heterocycles. The molecule has 21 heavy (non-hydrogen) atoms. The highest BCUT2D eigenvalue weighted by Crippen LogP contribution is 2.10. The van der Waals surface area contributed by atoms with Crippen molar-refractivity contribution in [3.05, 3.63) is 16.9 Å². The smallest absolute Gasteiger partial charge is 0.408 e. The predicted octanol–water partition coefficient (Wildman–Crippen LogP) is 2.35. The van der Waals surface area contributed by atoms with Crippen LogP contribution in [-0.4, -0.2) is 34.8 Å². The Morgan fingerprint density at radius 1 is 1.38 bits per heavy atom. The molecule has 0 atom stereocenters. The summed E-state index contributed by atoms with van der Waals surface area (Å²) in [5, 5.41) is 2.83. The minimum Gasteiger partial charge on any atom is -0.450 e. The first-order valence-corrected chi connectivity index (χ1v) is 6.70. The molecule has 1 aromatic rings. The number of ether oxygens (including phenoxy) is 2. The van der Waals surface area contributed by atoms with E-state index in [-0.39, 0.29) is 19.2 Å². The second-order valence-electron chi connectivity index (χ2n) is 5.11. The van der Waals surface area contributed by atoms with Crippen LogP contribution in [0.3, 0.4) is 0 Å². The summed E-state index contributed by atoms with van der Waals surface area (Å²) in [5.41, 5.74) is 0.187. The van der Waals surface area contributed by atoms with Crippen molar-refractivity contribution < 1.29 is 14.3 Å². The van der Waals surface area contributed by atoms with E-state index in [9.17, 15) is 4.79 Å². The van der Waals surface area contributed by atoms with E-state index in [1.807, 2.05) is 0 Å². The zero-order valence-corrected chi connectivity index (χ0v) is 13.2. The molecule has 1 N–H and O–H groups in total. The number of aryl methyl sites for hydroxylation is 1. The van der Waals surface area contributed by atoms with E-state index in [2.05, 4.69) is 27.1 Å². The summed E-state index contributed by atoms with van der Waals surface area (Å²) in [6.07, 6.45) is -0.508. The molecule has 1 amide bonds. The lowest BCUT2D eigenvalue weighted by Crippen LogP contribution is -2.32. The summed E-state index contributed by atoms with van der Waals surface area (Å²) in [7, 11) is 0. The number of aromatic nitrogens is 2. The Hall–Kier alpha value is -2.00. The number of amides is 1. The molecule has 0 saturated carbocycles. The predicted molar refractivity (Wildman–Crippen MR) is 79.3 cm³/mol. The largest absolute Gasteiger partial charge is 0.450 e. The van der Waals surface area contributed by atoms with Crippen LogP contribution in [0.15, 0.2) is 6.07 Å². The molecular weight excluding hydrogens is 294 g/mol. The number of nitrogens with zero attached hydrogens (tertiary/aromatic N) is 2. The van der Waals surface area contributed by atoms with Gasteiger partial charge >= 0.3 is 12.1 Å². The third kappa shape index (κ3) is 8.00. The summed E-state index contributed by atoms with van der Waals surface area (Å²) in [6, 6.07) is 1.81. The van der Waals surface area contributed by atoms with Crippen molar-refractivity contribution in [3.8, 4) is 17.9 Å². The summed E-state index contributed by atoms with van der Waals surface area (Å²) in [4.78, 5) is 19.3. The highest BCUT2D eigenvalue weighted by atomic mass is 35.5. The van der Waals surface area contributed by atoms with E-state index in [0.717, 1.165) is 0 Å². The fourth-order valence-electron chi connectivity index (χ4n) is 1.21. The molecule has 1 rings (SSSR count). The first-order chi connectivity index (χ1) is 9.76. The number of carbonyl (C=O) groups excluding carboxylic acids is 1. The number of nitrogens with one attached hydrogen (secondary N) is 1. The Kier molecular flexibility index (Phi) is 6.25. The van der Waals surface area contributed by atoms with Crippen LogP contribution in [0.5, 0.6) is 6.01 Å². The van der Waals surface area contributed by atoms with E-state index in [0.29, 0.717) is 10.8 Å². The molecule has 114 valence electrons. The lowest BCUT2D eigenvalue weighted by atomic mass is 10.2. The standard InChI is InChI=1S/C14H18ClN3O3/c1-10-9-11(15)18-12(17-10)20-8-6-5-7-16-13(19)21-14(2,3)4/h9H,7-8H2,1-4H3,(H,16,19). The molecule has 0 unspecified atom stereocenters. The molecule has 0 bridgehead atoms. The monoisotopic (exact) mass is 311 g/mol. The molecule has 0 fully saturated rings. The van der Waals surface area contributed by atoms with E-state index < -0.39 is 11.7 Å². The zero-order valence-electron chi connectivity index (χ0n) is 12.5. The van der Waals surface area contributed by atoms with Gasteiger partial charge in [-0.2, -0.15) is 4.98 Å². The van der Waals surface area contributed by atoms with Crippen LogP contribution in [0.25, 0.3) is 0 Å². The number of hydrogen-bond donors (Lipinski definition) is 1. The van der Waals surface area contributed by atoms with E-state index in [1.54, 1.807) is 33.8 Å². The van der Waals surface area contributed by atoms with E-state index in [1.165, 1.54) is 0 Å². The van der Waals surface area contributed by atoms with Crippen molar-refractivity contribution in [2.45, 2.75) is 33.3 Å². The van der Waals surface area contributed by atoms with Gasteiger partial charge < -0.3 is 14.8 Å². The van der Waals surface area contributed by atoms with E-state index in [4.69, 9.17) is 21.1 Å². The number of alkyl carbamates (subject to hydrolysis) is 1. The molecule has 0 aromatic carbocycles. The number of rotatable bonds is 3. The number of hydrogen-bond acceptors (Lipinski definition) is 5. The molecule has 0 radical (unpaired) electrons. The molecule has 0 aliphatic rings. The average Bonchev–Trinajstić information content (AvgIpc) is 2.30. The molecule has 0 saturated heterocycles. The van der Waals surface area contributed by atoms with Gasteiger partial charge in [-0.05, 0) is 33.8 Å². The van der Waals surface area contributed by atoms with Crippen LogP contribution in [-0.2, 0) is 4.74 Å². The van der Waals surface area contributed by atoms with Gasteiger partial charge in [0.25, 0.3) is 0 Å². The maximum atomic E-state index is 11.3. The highest BCUT2D eigenvalue weighted by molar-refractivity contribution is 6.29. The third-order valence-electron chi connectivity index (χ3n) is 1.92. The second kappa shape index (κ2) is 7.70. The number of carbonyl (C=O) groups is 1. The first-order valence-electron chi connectivity index (χ1n) is 6.33. The van der Waals surface area contributed by atoms with Gasteiger partial charge in [-0.15, -0.1) is 0 Å². The van der Waals surface area contributed by atoms with Gasteiger partial charge in [0, 0.05) is 5.69 Å². The first kappa shape index (κ1) is 17.1. The van der Waals surface area contributed by atoms with Crippen LogP contribution < -0.4 is 10.1 Å². The fourth-order valence-corrected chi connectivity index (χ4v) is 1.44. The molecular formula is C14H18ClN3O3. The van der Waals surface area contributed by atoms with Gasteiger partial charge in [0.2, 0.25) is 0 Å². The second-order valence-corrected chi connectivity index (χ2v) is 5.50. The summed E-state index contributed by atoms with van der Waals surface area (Å²) in [6.45, 7) is 7.44. The Balaban J connectivity index is 2.29. The topological polar surface area (TPSA) is 73.3 Å². The Morgan fingerprint density at radius 2 is 2.10 bits per heavy atom. The van der Waals surface area contributed by atoms with Gasteiger partial charge in [-0.25, -0.2) is 9.78 Å². The van der Waals surface area contributed by atoms with Gasteiger partial charge in [-0.3, -0.25) is 0 Å². The Morgan fingerprint density at radius 3 is 2.71 bits per heavy atom. The highest BCUT2D eigenvalue weighted by Gasteiger charge is 2.14. The van der Waals surface area contributed by atoms with Crippen LogP contribution in [0.1, 0.15) is 26.5 Å². The maximum absolute atomic E-state index is 11.3. The molecule has 6 nitrogen and oxygen atoms in total. The lowest BCUT2D eigenvalue weighted by molar-refractivity contribution is 0.0535. The van der Waals surface area contributed by atoms with Crippen molar-refractivity contribution in [1.29, 1.82) is 0 Å². The number of halogens is 1. The normalized spacial score (nSPS) is 10.3. The third-order valence-corrected chi connectivity index (χ3v) is 2.11. The summed E-state index contributed by atoms with van der Waals surface area (Å²) >= 11 is 5.77. The molecule has 1 aromatic heterocycles. The van der Waals surface area contributed by atoms with Crippen LogP contribution in [0.2, 0.25) is 5.15 Å². The molecule has 1 heterocycles. The molecule has 0 spiro atoms. The van der Waals surface area contributed by atoms with Crippen molar-refractivity contribution >= 4 is 17.7 Å². The Bertz CT molecular complexity index is 539. The minimum atomic E-state index is -0.525. The molecule has 0 aliphatic carbocycles.